The molecule has 2 aliphatic rings. The Labute approximate surface area is 186 Å². The number of carboxylic acid groups (broad SMARTS) is 1. The maximum absolute atomic E-state index is 11.6. The van der Waals surface area contributed by atoms with Crippen LogP contribution in [-0.4, -0.2) is 83.1 Å². The summed E-state index contributed by atoms with van der Waals surface area (Å²) >= 11 is 0. The number of aromatic nitrogens is 1. The van der Waals surface area contributed by atoms with E-state index < -0.39 is 13.2 Å². The van der Waals surface area contributed by atoms with Crippen LogP contribution in [0.25, 0.3) is 0 Å². The minimum Gasteiger partial charge on any atom is -0.476 e. The van der Waals surface area contributed by atoms with E-state index in [4.69, 9.17) is 14.0 Å². The van der Waals surface area contributed by atoms with Gasteiger partial charge in [-0.15, -0.1) is 0 Å². The molecule has 1 N–H and O–H groups in total. The molecule has 2 fully saturated rings. The van der Waals surface area contributed by atoms with Crippen molar-refractivity contribution in [3.05, 3.63) is 18.3 Å². The highest BCUT2D eigenvalue weighted by molar-refractivity contribution is 6.62. The van der Waals surface area contributed by atoms with E-state index in [-0.39, 0.29) is 22.7 Å². The average Bonchev–Trinajstić information content (AvgIpc) is 2.88. The fourth-order valence-electron chi connectivity index (χ4n) is 3.89. The van der Waals surface area contributed by atoms with Crippen LogP contribution in [0.4, 0.5) is 4.79 Å². The molecule has 2 saturated heterocycles. The highest BCUT2D eigenvalue weighted by Gasteiger charge is 2.51. The van der Waals surface area contributed by atoms with Crippen molar-refractivity contribution in [2.75, 3.05) is 32.8 Å². The first-order chi connectivity index (χ1) is 14.3. The molecular weight excluding hydrogens is 397 g/mol. The second kappa shape index (κ2) is 8.60. The van der Waals surface area contributed by atoms with E-state index in [9.17, 15) is 9.90 Å². The number of nitrogens with zero attached hydrogens (tertiary/aromatic N) is 3. The van der Waals surface area contributed by atoms with Crippen molar-refractivity contribution in [1.82, 2.24) is 14.8 Å². The highest BCUT2D eigenvalue weighted by Crippen LogP contribution is 2.36. The van der Waals surface area contributed by atoms with Gasteiger partial charge in [0.1, 0.15) is 6.61 Å². The van der Waals surface area contributed by atoms with Crippen molar-refractivity contribution in [1.29, 1.82) is 0 Å². The number of rotatable bonds is 5. The molecule has 1 aromatic heterocycles. The van der Waals surface area contributed by atoms with Gasteiger partial charge in [-0.3, -0.25) is 4.90 Å². The molecule has 9 heteroatoms. The number of hydrogen-bond acceptors (Lipinski definition) is 6. The Bertz CT molecular complexity index is 762. The highest BCUT2D eigenvalue weighted by atomic mass is 16.7. The quantitative estimate of drug-likeness (QED) is 0.715. The lowest BCUT2D eigenvalue weighted by Gasteiger charge is -2.45. The van der Waals surface area contributed by atoms with E-state index in [1.807, 2.05) is 39.8 Å². The first kappa shape index (κ1) is 23.8. The van der Waals surface area contributed by atoms with Gasteiger partial charge in [0, 0.05) is 37.8 Å². The third-order valence-corrected chi connectivity index (χ3v) is 6.65. The van der Waals surface area contributed by atoms with Crippen LogP contribution in [0.3, 0.4) is 0 Å². The molecule has 1 aromatic rings. The van der Waals surface area contributed by atoms with Gasteiger partial charge >= 0.3 is 13.2 Å². The van der Waals surface area contributed by atoms with Crippen molar-refractivity contribution in [3.63, 3.8) is 0 Å². The lowest BCUT2D eigenvalue weighted by molar-refractivity contribution is 0.00578. The van der Waals surface area contributed by atoms with E-state index in [2.05, 4.69) is 30.7 Å². The second-order valence-electron chi connectivity index (χ2n) is 10.5. The first-order valence-corrected chi connectivity index (χ1v) is 11.0. The molecule has 0 bridgehead atoms. The van der Waals surface area contributed by atoms with Gasteiger partial charge in [-0.2, -0.15) is 0 Å². The Hall–Kier alpha value is -1.84. The maximum atomic E-state index is 11.6. The van der Waals surface area contributed by atoms with Crippen LogP contribution >= 0.6 is 0 Å². The maximum Gasteiger partial charge on any atom is 0.496 e. The first-order valence-electron chi connectivity index (χ1n) is 11.0. The molecule has 0 radical (unpaired) electrons. The number of carbonyl (C=O) groups is 1. The molecule has 0 spiro atoms. The summed E-state index contributed by atoms with van der Waals surface area (Å²) in [5.41, 5.74) is -0.0306. The molecule has 31 heavy (non-hydrogen) atoms. The summed E-state index contributed by atoms with van der Waals surface area (Å²) in [6.45, 7) is 17.5. The Balaban J connectivity index is 1.51. The summed E-state index contributed by atoms with van der Waals surface area (Å²) in [4.78, 5) is 19.8. The largest absolute Gasteiger partial charge is 0.496 e. The van der Waals surface area contributed by atoms with Crippen molar-refractivity contribution in [3.8, 4) is 5.88 Å². The second-order valence-corrected chi connectivity index (χ2v) is 10.5. The fourth-order valence-corrected chi connectivity index (χ4v) is 3.89. The molecule has 0 aromatic carbocycles. The Kier molecular flexibility index (Phi) is 6.61. The molecule has 3 rings (SSSR count). The van der Waals surface area contributed by atoms with E-state index in [1.54, 1.807) is 11.1 Å². The Morgan fingerprint density at radius 3 is 2.39 bits per heavy atom. The molecule has 172 valence electrons. The van der Waals surface area contributed by atoms with Crippen LogP contribution in [-0.2, 0) is 9.31 Å². The zero-order valence-electron chi connectivity index (χ0n) is 19.8. The van der Waals surface area contributed by atoms with E-state index in [0.29, 0.717) is 32.1 Å². The van der Waals surface area contributed by atoms with Crippen LogP contribution in [0, 0.1) is 5.41 Å². The molecule has 1 unspecified atom stereocenters. The van der Waals surface area contributed by atoms with Crippen LogP contribution < -0.4 is 10.2 Å². The average molecular weight is 433 g/mol. The van der Waals surface area contributed by atoms with Crippen molar-refractivity contribution in [2.24, 2.45) is 5.41 Å². The van der Waals surface area contributed by atoms with Crippen LogP contribution in [0.5, 0.6) is 5.88 Å². The summed E-state index contributed by atoms with van der Waals surface area (Å²) < 4.78 is 18.0. The molecule has 0 saturated carbocycles. The van der Waals surface area contributed by atoms with Gasteiger partial charge in [0.2, 0.25) is 5.88 Å². The number of amides is 1. The van der Waals surface area contributed by atoms with Crippen LogP contribution in [0.2, 0.25) is 0 Å². The van der Waals surface area contributed by atoms with Crippen molar-refractivity contribution in [2.45, 2.75) is 65.7 Å². The minimum absolute atomic E-state index is 0.0453. The number of hydrogen-bond donors (Lipinski definition) is 1. The van der Waals surface area contributed by atoms with E-state index in [0.717, 1.165) is 12.0 Å². The van der Waals surface area contributed by atoms with Gasteiger partial charge in [0.15, 0.2) is 0 Å². The monoisotopic (exact) mass is 433 g/mol. The van der Waals surface area contributed by atoms with Gasteiger partial charge in [0.25, 0.3) is 0 Å². The third kappa shape index (κ3) is 5.33. The van der Waals surface area contributed by atoms with Crippen molar-refractivity contribution >= 4 is 18.7 Å². The summed E-state index contributed by atoms with van der Waals surface area (Å²) in [6.07, 6.45) is 0.890. The lowest BCUT2D eigenvalue weighted by Crippen LogP contribution is -2.59. The molecule has 1 amide bonds. The molecule has 3 heterocycles. The fraction of sp³-hybridized carbons (Fsp3) is 0.727. The van der Waals surface area contributed by atoms with Gasteiger partial charge in [-0.05, 0) is 39.2 Å². The zero-order chi connectivity index (χ0) is 23.0. The summed E-state index contributed by atoms with van der Waals surface area (Å²) in [7, 11) is -0.439. The standard InChI is InChI=1S/C22H36BN3O5/c1-20(2,3)17-15-25(10-11-26(17)19(27)28)12-13-29-18-9-8-16(14-24-18)23-30-21(4,5)22(6,7)31-23/h8-9,14,17H,10-13,15H2,1-7H3,(H,27,28). The molecular formula is C22H36BN3O5. The van der Waals surface area contributed by atoms with E-state index in [1.165, 1.54) is 0 Å². The smallest absolute Gasteiger partial charge is 0.476 e. The predicted octanol–water partition coefficient (Wildman–Crippen LogP) is 2.47. The minimum atomic E-state index is -0.845. The third-order valence-electron chi connectivity index (χ3n) is 6.65. The SMILES string of the molecule is CC(C)(C)C1CN(CCOc2ccc(B3OC(C)(C)C(C)(C)O3)cn2)CCN1C(=O)O. The summed E-state index contributed by atoms with van der Waals surface area (Å²) in [5.74, 6) is 0.553. The Morgan fingerprint density at radius 2 is 1.87 bits per heavy atom. The Morgan fingerprint density at radius 1 is 1.23 bits per heavy atom. The molecule has 1 atom stereocenters. The number of pyridine rings is 1. The van der Waals surface area contributed by atoms with Crippen molar-refractivity contribution < 1.29 is 23.9 Å². The van der Waals surface area contributed by atoms with Gasteiger partial charge in [-0.1, -0.05) is 26.8 Å². The molecule has 2 aliphatic heterocycles. The summed E-state index contributed by atoms with van der Waals surface area (Å²) in [5, 5.41) is 9.50. The number of piperazine rings is 1. The van der Waals surface area contributed by atoms with Gasteiger partial charge in [0.05, 0.1) is 17.2 Å². The van der Waals surface area contributed by atoms with Gasteiger partial charge < -0.3 is 24.1 Å². The van der Waals surface area contributed by atoms with E-state index >= 15 is 0 Å². The van der Waals surface area contributed by atoms with Crippen LogP contribution in [0.1, 0.15) is 48.5 Å². The normalized spacial score (nSPS) is 23.8. The zero-order valence-corrected chi connectivity index (χ0v) is 19.8. The lowest BCUT2D eigenvalue weighted by atomic mass is 9.80. The summed E-state index contributed by atoms with van der Waals surface area (Å²) in [6, 6.07) is 3.71. The molecule has 0 aliphatic carbocycles. The number of ether oxygens (including phenoxy) is 1. The van der Waals surface area contributed by atoms with Gasteiger partial charge in [-0.25, -0.2) is 9.78 Å². The predicted molar refractivity (Wildman–Crippen MR) is 120 cm³/mol. The topological polar surface area (TPSA) is 84.4 Å². The molecule has 8 nitrogen and oxygen atoms in total. The van der Waals surface area contributed by atoms with Crippen LogP contribution in [0.15, 0.2) is 18.3 Å².